The van der Waals surface area contributed by atoms with Gasteiger partial charge in [0.15, 0.2) is 0 Å². The number of allylic oxidation sites excluding steroid dienone is 23. The summed E-state index contributed by atoms with van der Waals surface area (Å²) in [6, 6.07) is -0.873. The van der Waals surface area contributed by atoms with Crippen molar-refractivity contribution < 1.29 is 37.3 Å². The summed E-state index contributed by atoms with van der Waals surface area (Å²) in [5, 5.41) is 3.05. The Morgan fingerprint density at radius 3 is 1.13 bits per heavy atom. The van der Waals surface area contributed by atoms with Crippen LogP contribution in [0.3, 0.4) is 0 Å². The number of ether oxygens (including phenoxy) is 1. The summed E-state index contributed by atoms with van der Waals surface area (Å²) in [5.74, 6) is -0.546. The third kappa shape index (κ3) is 64.2. The van der Waals surface area contributed by atoms with E-state index in [-0.39, 0.29) is 31.5 Å². The predicted molar refractivity (Wildman–Crippen MR) is 369 cm³/mol. The highest BCUT2D eigenvalue weighted by Crippen LogP contribution is 2.43. The fraction of sp³-hybridized carbons (Fsp3) is 0.653. The molecule has 85 heavy (non-hydrogen) atoms. The lowest BCUT2D eigenvalue weighted by molar-refractivity contribution is -0.870. The summed E-state index contributed by atoms with van der Waals surface area (Å²) < 4.78 is 30.7. The van der Waals surface area contributed by atoms with Gasteiger partial charge in [0.2, 0.25) is 5.91 Å². The molecule has 0 aliphatic carbocycles. The molecular weight excluding hydrogens is 1070 g/mol. The minimum Gasteiger partial charge on any atom is -0.456 e. The summed E-state index contributed by atoms with van der Waals surface area (Å²) in [6.45, 7) is 6.75. The van der Waals surface area contributed by atoms with Crippen LogP contribution in [0.25, 0.3) is 0 Å². The van der Waals surface area contributed by atoms with Gasteiger partial charge in [-0.15, -0.1) is 0 Å². The highest BCUT2D eigenvalue weighted by atomic mass is 31.2. The van der Waals surface area contributed by atoms with Gasteiger partial charge in [0.25, 0.3) is 0 Å². The maximum atomic E-state index is 13.6. The Morgan fingerprint density at radius 2 is 0.753 bits per heavy atom. The molecule has 0 rings (SSSR count). The van der Waals surface area contributed by atoms with Crippen molar-refractivity contribution in [3.05, 3.63) is 146 Å². The van der Waals surface area contributed by atoms with Gasteiger partial charge in [0.05, 0.1) is 33.8 Å². The number of nitrogens with zero attached hydrogens (tertiary/aromatic N) is 1. The molecule has 0 bridgehead atoms. The van der Waals surface area contributed by atoms with Crippen molar-refractivity contribution >= 4 is 19.7 Å². The zero-order valence-corrected chi connectivity index (χ0v) is 56.2. The Hall–Kier alpha value is -4.11. The Morgan fingerprint density at radius 1 is 0.424 bits per heavy atom. The fourth-order valence-electron chi connectivity index (χ4n) is 9.09. The molecule has 0 aromatic rings. The number of hydrogen-bond acceptors (Lipinski definition) is 6. The molecule has 0 aliphatic heterocycles. The molecule has 0 aliphatic rings. The molecule has 0 aromatic carbocycles. The number of rotatable bonds is 60. The number of carbonyl (C=O) groups is 2. The SMILES string of the molecule is CC/C=C\C/C=C\C/C=C\C/C=C\C/C=C\C/C=C\CCCCCCCCCCC(=O)NC(COP(=O)(O)OCC[N+](C)(C)C)C(/C=C\CCCCCCCCCCC)OC(=O)CCCCCCC/C=C\C/C=C\C/C=C\C/C=C\C/C=C\CC. The fourth-order valence-corrected chi connectivity index (χ4v) is 9.82. The first-order valence-electron chi connectivity index (χ1n) is 34.2. The average molecular weight is 1200 g/mol. The smallest absolute Gasteiger partial charge is 0.456 e. The van der Waals surface area contributed by atoms with Crippen molar-refractivity contribution in [2.75, 3.05) is 40.9 Å². The van der Waals surface area contributed by atoms with E-state index in [1.54, 1.807) is 0 Å². The van der Waals surface area contributed by atoms with Crippen LogP contribution >= 0.6 is 7.82 Å². The number of phosphoric ester groups is 1. The zero-order chi connectivity index (χ0) is 62.1. The molecule has 0 saturated carbocycles. The zero-order valence-electron chi connectivity index (χ0n) is 55.3. The number of quaternary nitrogens is 1. The van der Waals surface area contributed by atoms with Gasteiger partial charge >= 0.3 is 13.8 Å². The molecular formula is C75H128N2O7P+. The second kappa shape index (κ2) is 62.9. The van der Waals surface area contributed by atoms with Crippen molar-refractivity contribution in [1.82, 2.24) is 5.32 Å². The number of likely N-dealkylation sites (N-methyl/N-ethyl adjacent to an activating group) is 1. The quantitative estimate of drug-likeness (QED) is 0.0205. The van der Waals surface area contributed by atoms with Crippen LogP contribution in [0.2, 0.25) is 0 Å². The Kier molecular flexibility index (Phi) is 59.9. The van der Waals surface area contributed by atoms with Gasteiger partial charge in [0.1, 0.15) is 19.3 Å². The molecule has 3 unspecified atom stereocenters. The first-order chi connectivity index (χ1) is 41.4. The number of amides is 1. The summed E-state index contributed by atoms with van der Waals surface area (Å²) in [4.78, 5) is 37.8. The summed E-state index contributed by atoms with van der Waals surface area (Å²) >= 11 is 0. The highest BCUT2D eigenvalue weighted by molar-refractivity contribution is 7.47. The second-order valence-electron chi connectivity index (χ2n) is 23.6. The Bertz CT molecular complexity index is 1960. The van der Waals surface area contributed by atoms with Crippen LogP contribution in [0.1, 0.15) is 265 Å². The average Bonchev–Trinajstić information content (AvgIpc) is 3.64. The molecule has 9 nitrogen and oxygen atoms in total. The highest BCUT2D eigenvalue weighted by Gasteiger charge is 2.30. The maximum Gasteiger partial charge on any atom is 0.472 e. The van der Waals surface area contributed by atoms with Crippen LogP contribution in [0.15, 0.2) is 146 Å². The molecule has 0 saturated heterocycles. The molecule has 0 radical (unpaired) electrons. The molecule has 0 spiro atoms. The number of carbonyl (C=O) groups excluding carboxylic acids is 2. The minimum absolute atomic E-state index is 0.0269. The molecule has 1 amide bonds. The maximum absolute atomic E-state index is 13.6. The lowest BCUT2D eigenvalue weighted by Gasteiger charge is -2.27. The largest absolute Gasteiger partial charge is 0.472 e. The van der Waals surface area contributed by atoms with Crippen molar-refractivity contribution in [1.29, 1.82) is 0 Å². The van der Waals surface area contributed by atoms with Gasteiger partial charge < -0.3 is 19.4 Å². The van der Waals surface area contributed by atoms with Gasteiger partial charge in [-0.2, -0.15) is 0 Å². The van der Waals surface area contributed by atoms with Crippen molar-refractivity contribution in [3.63, 3.8) is 0 Å². The Balaban J connectivity index is 5.14. The molecule has 484 valence electrons. The van der Waals surface area contributed by atoms with Crippen LogP contribution in [0, 0.1) is 0 Å². The second-order valence-corrected chi connectivity index (χ2v) is 25.0. The lowest BCUT2D eigenvalue weighted by Crippen LogP contribution is -2.47. The summed E-state index contributed by atoms with van der Waals surface area (Å²) in [7, 11) is 1.46. The van der Waals surface area contributed by atoms with Crippen LogP contribution in [-0.4, -0.2) is 74.3 Å². The van der Waals surface area contributed by atoms with E-state index in [1.165, 1.54) is 70.6 Å². The van der Waals surface area contributed by atoms with Crippen LogP contribution < -0.4 is 5.32 Å². The number of nitrogens with one attached hydrogen (secondary N) is 1. The summed E-state index contributed by atoms with van der Waals surface area (Å²) in [5.41, 5.74) is 0. The predicted octanol–water partition coefficient (Wildman–Crippen LogP) is 21.8. The van der Waals surface area contributed by atoms with Gasteiger partial charge in [0, 0.05) is 12.8 Å². The van der Waals surface area contributed by atoms with E-state index in [0.29, 0.717) is 23.9 Å². The van der Waals surface area contributed by atoms with E-state index in [2.05, 4.69) is 160 Å². The number of esters is 1. The Labute approximate surface area is 523 Å². The number of phosphoric acid groups is 1. The molecule has 0 aromatic heterocycles. The standard InChI is InChI=1S/C75H127N2O7P/c1-7-10-13-16-19-22-25-27-29-31-33-35-36-37-38-39-40-42-43-45-47-49-52-55-58-61-64-67-74(78)76-72(71-83-85(80,81)82-70-69-77(4,5)6)73(66-63-60-57-54-51-24-21-18-15-12-9-3)84-75(79)68-65-62-59-56-53-50-48-46-44-41-34-32-30-28-26-23-20-17-14-11-8-2/h10-11,13-14,19-20,22-23,27-30,33-35,37-38,40-42,46,48,63,66,72-73H,7-9,12,15-18,21,24-26,31-32,36,39,43-45,47,49-62,64-65,67-71H2,1-6H3,(H-,76,78,80,81)/p+1/b13-10-,14-11-,22-19-,23-20-,29-27-,30-28-,35-33-,38-37-,41-34-,42-40-,48-46-,66-63-. The topological polar surface area (TPSA) is 111 Å². The van der Waals surface area contributed by atoms with E-state index >= 15 is 0 Å². The van der Waals surface area contributed by atoms with Gasteiger partial charge in [-0.05, 0) is 128 Å². The normalized spacial score (nSPS) is 14.5. The molecule has 2 N–H and O–H groups in total. The van der Waals surface area contributed by atoms with Crippen LogP contribution in [-0.2, 0) is 27.9 Å². The van der Waals surface area contributed by atoms with Crippen LogP contribution in [0.5, 0.6) is 0 Å². The first kappa shape index (κ1) is 80.9. The number of unbranched alkanes of at least 4 members (excludes halogenated alkanes) is 22. The van der Waals surface area contributed by atoms with E-state index in [0.717, 1.165) is 154 Å². The van der Waals surface area contributed by atoms with Gasteiger partial charge in [-0.25, -0.2) is 4.57 Å². The molecule has 10 heteroatoms. The van der Waals surface area contributed by atoms with E-state index < -0.39 is 20.0 Å². The third-order valence-electron chi connectivity index (χ3n) is 14.3. The minimum atomic E-state index is -4.47. The summed E-state index contributed by atoms with van der Waals surface area (Å²) in [6.07, 6.45) is 91.4. The van der Waals surface area contributed by atoms with E-state index in [9.17, 15) is 19.0 Å². The van der Waals surface area contributed by atoms with E-state index in [1.807, 2.05) is 33.3 Å². The van der Waals surface area contributed by atoms with E-state index in [4.69, 9.17) is 13.8 Å². The van der Waals surface area contributed by atoms with Crippen molar-refractivity contribution in [2.45, 2.75) is 277 Å². The van der Waals surface area contributed by atoms with Crippen molar-refractivity contribution in [2.24, 2.45) is 0 Å². The lowest BCUT2D eigenvalue weighted by atomic mass is 10.0. The molecule has 3 atom stereocenters. The third-order valence-corrected chi connectivity index (χ3v) is 15.3. The number of hydrogen-bond donors (Lipinski definition) is 2. The first-order valence-corrected chi connectivity index (χ1v) is 35.7. The van der Waals surface area contributed by atoms with Gasteiger partial charge in [-0.3, -0.25) is 18.6 Å². The monoisotopic (exact) mass is 1200 g/mol. The van der Waals surface area contributed by atoms with Crippen molar-refractivity contribution in [3.8, 4) is 0 Å². The molecule has 0 fully saturated rings. The van der Waals surface area contributed by atoms with Gasteiger partial charge in [-0.1, -0.05) is 270 Å². The van der Waals surface area contributed by atoms with Crippen LogP contribution in [0.4, 0.5) is 0 Å². The molecule has 0 heterocycles.